The predicted molar refractivity (Wildman–Crippen MR) is 436 cm³/mol. The first kappa shape index (κ1) is 101. The molecule has 2 unspecified atom stereocenters. The van der Waals surface area contributed by atoms with Crippen LogP contribution < -0.4 is 0 Å². The molecule has 0 heterocycles. The molecule has 0 amide bonds. The Kier molecular flexibility index (Phi) is 75.2. The number of phosphoric ester groups is 2. The van der Waals surface area contributed by atoms with Gasteiger partial charge in [0.25, 0.3) is 0 Å². The predicted octanol–water partition coefficient (Wildman–Crippen LogP) is 24.7. The van der Waals surface area contributed by atoms with Crippen LogP contribution in [0.2, 0.25) is 0 Å². The zero-order valence-electron chi connectivity index (χ0n) is 66.8. The number of unbranched alkanes of at least 4 members (excludes halogenated alkanes) is 32. The molecule has 0 aromatic rings. The van der Waals surface area contributed by atoms with Crippen LogP contribution >= 0.6 is 15.6 Å². The molecule has 3 N–H and O–H groups in total. The first-order valence-corrected chi connectivity index (χ1v) is 44.8. The molecule has 0 aromatic heterocycles. The molecule has 0 saturated heterocycles. The summed E-state index contributed by atoms with van der Waals surface area (Å²) in [6.45, 7) is 4.63. The van der Waals surface area contributed by atoms with Crippen LogP contribution in [0.3, 0.4) is 0 Å². The lowest BCUT2D eigenvalue weighted by Crippen LogP contribution is -2.30. The second-order valence-electron chi connectivity index (χ2n) is 27.7. The van der Waals surface area contributed by atoms with Gasteiger partial charge >= 0.3 is 39.5 Å². The fraction of sp³-hybridized carbons (Fsp3) is 0.724. The van der Waals surface area contributed by atoms with Crippen LogP contribution in [-0.2, 0) is 65.4 Å². The van der Waals surface area contributed by atoms with Gasteiger partial charge in [-0.2, -0.15) is 0 Å². The van der Waals surface area contributed by atoms with Crippen molar-refractivity contribution in [2.45, 2.75) is 367 Å². The van der Waals surface area contributed by atoms with E-state index < -0.39 is 97.5 Å². The minimum atomic E-state index is -5.00. The summed E-state index contributed by atoms with van der Waals surface area (Å²) in [5, 5.41) is 10.7. The van der Waals surface area contributed by atoms with Crippen molar-refractivity contribution in [3.05, 3.63) is 122 Å². The minimum absolute atomic E-state index is 0.0459. The van der Waals surface area contributed by atoms with Gasteiger partial charge in [0.2, 0.25) is 0 Å². The molecular weight excluding hydrogens is 1380 g/mol. The van der Waals surface area contributed by atoms with Gasteiger partial charge in [-0.25, -0.2) is 9.13 Å². The Labute approximate surface area is 644 Å². The topological polar surface area (TPSA) is 237 Å². The average molecular weight is 1530 g/mol. The highest BCUT2D eigenvalue weighted by atomic mass is 31.2. The third kappa shape index (κ3) is 77.6. The third-order valence-corrected chi connectivity index (χ3v) is 19.4. The van der Waals surface area contributed by atoms with E-state index in [-0.39, 0.29) is 25.7 Å². The summed E-state index contributed by atoms with van der Waals surface area (Å²) in [6.07, 6.45) is 87.4. The maximum atomic E-state index is 13.1. The van der Waals surface area contributed by atoms with Crippen molar-refractivity contribution in [1.82, 2.24) is 0 Å². The highest BCUT2D eigenvalue weighted by Gasteiger charge is 2.30. The molecule has 19 heteroatoms. The van der Waals surface area contributed by atoms with Crippen molar-refractivity contribution in [1.29, 1.82) is 0 Å². The van der Waals surface area contributed by atoms with E-state index in [9.17, 15) is 43.2 Å². The highest BCUT2D eigenvalue weighted by molar-refractivity contribution is 7.47. The molecule has 610 valence electrons. The Balaban J connectivity index is 5.42. The van der Waals surface area contributed by atoms with Gasteiger partial charge in [0.1, 0.15) is 19.3 Å². The Bertz CT molecular complexity index is 2480. The molecule has 0 radical (unpaired) electrons. The van der Waals surface area contributed by atoms with Crippen LogP contribution in [0.1, 0.15) is 349 Å². The number of esters is 4. The van der Waals surface area contributed by atoms with Gasteiger partial charge in [-0.3, -0.25) is 37.3 Å². The van der Waals surface area contributed by atoms with E-state index in [2.05, 4.69) is 149 Å². The molecule has 0 rings (SSSR count). The van der Waals surface area contributed by atoms with Gasteiger partial charge in [0.05, 0.1) is 26.4 Å². The number of hydrogen-bond donors (Lipinski definition) is 3. The SMILES string of the molecule is CC/C=C\C/C=C\C/C=C\C/C=C\C/C=C\CCCCCC(=O)OC[C@H](COP(=O)(O)OC[C@@H](O)COP(=O)(O)OC[C@@H](COC(=O)CCCCCCCCCCCCCCCCC)OC(=O)CCCCCCCCCCCCCCC)OC(=O)CCCCC/C=C\C/C=C\C/C=C\C/C=C\C/C=C\CC. The Morgan fingerprint density at radius 3 is 0.755 bits per heavy atom. The van der Waals surface area contributed by atoms with Crippen molar-refractivity contribution in [3.8, 4) is 0 Å². The van der Waals surface area contributed by atoms with E-state index in [0.717, 1.165) is 148 Å². The Morgan fingerprint density at radius 1 is 0.274 bits per heavy atom. The number of allylic oxidation sites excluding steroid dienone is 20. The molecule has 0 saturated carbocycles. The van der Waals surface area contributed by atoms with Gasteiger partial charge in [-0.05, 0) is 116 Å². The molecule has 0 aliphatic carbocycles. The minimum Gasteiger partial charge on any atom is -0.462 e. The maximum absolute atomic E-state index is 13.1. The van der Waals surface area contributed by atoms with Crippen molar-refractivity contribution in [2.75, 3.05) is 39.6 Å². The summed E-state index contributed by atoms with van der Waals surface area (Å²) in [7, 11) is -9.98. The zero-order chi connectivity index (χ0) is 77.4. The third-order valence-electron chi connectivity index (χ3n) is 17.5. The maximum Gasteiger partial charge on any atom is 0.472 e. The number of phosphoric acid groups is 2. The first-order chi connectivity index (χ1) is 51.7. The largest absolute Gasteiger partial charge is 0.472 e. The average Bonchev–Trinajstić information content (AvgIpc) is 0.903. The number of carbonyl (C=O) groups is 4. The van der Waals surface area contributed by atoms with Crippen LogP contribution in [0.25, 0.3) is 0 Å². The van der Waals surface area contributed by atoms with Crippen molar-refractivity contribution in [3.63, 3.8) is 0 Å². The molecule has 0 aromatic carbocycles. The number of hydrogen-bond acceptors (Lipinski definition) is 15. The van der Waals surface area contributed by atoms with Crippen molar-refractivity contribution >= 4 is 39.5 Å². The molecule has 0 aliphatic rings. The van der Waals surface area contributed by atoms with Gasteiger partial charge in [0, 0.05) is 25.7 Å². The molecular formula is C87H150O17P2. The number of aliphatic hydroxyl groups is 1. The molecule has 0 fully saturated rings. The standard InChI is InChI=1S/C87H150O17P2/c1-5-9-13-17-21-25-29-33-36-38-40-42-45-49-52-56-60-64-68-72-85(90)98-78-83(104-87(92)74-70-66-62-58-54-50-46-43-41-39-37-34-30-26-22-18-14-10-6-2)80-102-106(95,96)100-76-81(88)75-99-105(93,94)101-79-82(103-86(91)73-69-65-61-57-53-47-32-28-24-20-16-12-8-4)77-97-84(89)71-67-63-59-55-51-48-44-35-31-27-23-19-15-11-7-3/h9-10,13-14,21-22,25-26,33-34,36-37,40-43,49-50,52,54,81-83,88H,5-8,11-12,15-20,23-24,27-32,35,38-39,44-48,51,53,55-80H2,1-4H3,(H,93,94)(H,95,96)/b13-9-,14-10-,25-21-,26-22-,36-33-,37-34-,42-40-,43-41-,52-49-,54-50-/t81-,82+,83+/m0/s1. The summed E-state index contributed by atoms with van der Waals surface area (Å²) >= 11 is 0. The van der Waals surface area contributed by atoms with Crippen LogP contribution in [0, 0.1) is 0 Å². The smallest absolute Gasteiger partial charge is 0.462 e. The lowest BCUT2D eigenvalue weighted by molar-refractivity contribution is -0.161. The summed E-state index contributed by atoms with van der Waals surface area (Å²) in [5.74, 6) is -2.23. The summed E-state index contributed by atoms with van der Waals surface area (Å²) in [4.78, 5) is 73.1. The summed E-state index contributed by atoms with van der Waals surface area (Å²) in [6, 6.07) is 0. The Hall–Kier alpha value is -4.54. The van der Waals surface area contributed by atoms with E-state index in [1.807, 2.05) is 0 Å². The number of aliphatic hydroxyl groups excluding tert-OH is 1. The molecule has 0 aliphatic heterocycles. The first-order valence-electron chi connectivity index (χ1n) is 41.8. The van der Waals surface area contributed by atoms with Gasteiger partial charge in [-0.1, -0.05) is 329 Å². The van der Waals surface area contributed by atoms with E-state index in [1.165, 1.54) is 122 Å². The fourth-order valence-electron chi connectivity index (χ4n) is 11.2. The zero-order valence-corrected chi connectivity index (χ0v) is 68.6. The van der Waals surface area contributed by atoms with Gasteiger partial charge in [0.15, 0.2) is 12.2 Å². The van der Waals surface area contributed by atoms with Crippen molar-refractivity contribution < 1.29 is 80.2 Å². The number of ether oxygens (including phenoxy) is 4. The van der Waals surface area contributed by atoms with Crippen LogP contribution in [0.5, 0.6) is 0 Å². The van der Waals surface area contributed by atoms with E-state index in [0.29, 0.717) is 25.7 Å². The summed E-state index contributed by atoms with van der Waals surface area (Å²) in [5.41, 5.74) is 0. The highest BCUT2D eigenvalue weighted by Crippen LogP contribution is 2.45. The van der Waals surface area contributed by atoms with Crippen LogP contribution in [-0.4, -0.2) is 96.7 Å². The lowest BCUT2D eigenvalue weighted by atomic mass is 10.0. The quantitative estimate of drug-likeness (QED) is 0.0169. The van der Waals surface area contributed by atoms with Gasteiger partial charge in [-0.15, -0.1) is 0 Å². The molecule has 5 atom stereocenters. The molecule has 0 bridgehead atoms. The van der Waals surface area contributed by atoms with E-state index in [1.54, 1.807) is 0 Å². The Morgan fingerprint density at radius 2 is 0.491 bits per heavy atom. The second kappa shape index (κ2) is 78.6. The molecule has 106 heavy (non-hydrogen) atoms. The number of rotatable bonds is 78. The molecule has 0 spiro atoms. The normalized spacial score (nSPS) is 14.4. The van der Waals surface area contributed by atoms with Crippen LogP contribution in [0.4, 0.5) is 0 Å². The summed E-state index contributed by atoms with van der Waals surface area (Å²) < 4.78 is 68.7. The fourth-order valence-corrected chi connectivity index (χ4v) is 12.7. The van der Waals surface area contributed by atoms with E-state index in [4.69, 9.17) is 37.0 Å². The number of carbonyl (C=O) groups excluding carboxylic acids is 4. The second-order valence-corrected chi connectivity index (χ2v) is 30.6. The van der Waals surface area contributed by atoms with Gasteiger partial charge < -0.3 is 33.8 Å². The van der Waals surface area contributed by atoms with E-state index >= 15 is 0 Å². The molecule has 17 nitrogen and oxygen atoms in total. The monoisotopic (exact) mass is 1530 g/mol. The van der Waals surface area contributed by atoms with Crippen LogP contribution in [0.15, 0.2) is 122 Å². The van der Waals surface area contributed by atoms with Crippen molar-refractivity contribution in [2.24, 2.45) is 0 Å². The lowest BCUT2D eigenvalue weighted by Gasteiger charge is -2.21.